The van der Waals surface area contributed by atoms with Crippen LogP contribution in [-0.4, -0.2) is 54.7 Å². The molecule has 0 unspecified atom stereocenters. The molecule has 1 aliphatic heterocycles. The fourth-order valence-electron chi connectivity index (χ4n) is 3.76. The highest BCUT2D eigenvalue weighted by Crippen LogP contribution is 2.29. The first-order valence-electron chi connectivity index (χ1n) is 9.52. The Morgan fingerprint density at radius 1 is 1.10 bits per heavy atom. The Labute approximate surface area is 172 Å². The number of hydroxylamine groups is 1. The number of carboxylic acids is 1. The van der Waals surface area contributed by atoms with Gasteiger partial charge in [0.15, 0.2) is 0 Å². The summed E-state index contributed by atoms with van der Waals surface area (Å²) in [5, 5.41) is 26.8. The summed E-state index contributed by atoms with van der Waals surface area (Å²) in [5.74, 6) is -1.43. The summed E-state index contributed by atoms with van der Waals surface area (Å²) in [6.07, 6.45) is 2.23. The summed E-state index contributed by atoms with van der Waals surface area (Å²) in [5.41, 5.74) is 4.38. The number of aliphatic carboxylic acids is 1. The van der Waals surface area contributed by atoms with Gasteiger partial charge in [-0.3, -0.25) is 19.7 Å². The van der Waals surface area contributed by atoms with E-state index in [1.807, 2.05) is 35.2 Å². The van der Waals surface area contributed by atoms with Crippen molar-refractivity contribution in [3.05, 3.63) is 71.9 Å². The predicted molar refractivity (Wildman–Crippen MR) is 107 cm³/mol. The van der Waals surface area contributed by atoms with Gasteiger partial charge >= 0.3 is 5.97 Å². The van der Waals surface area contributed by atoms with Crippen LogP contribution in [0.5, 0.6) is 0 Å². The van der Waals surface area contributed by atoms with Crippen LogP contribution in [0.2, 0.25) is 0 Å². The van der Waals surface area contributed by atoms with E-state index in [1.165, 1.54) is 0 Å². The molecule has 2 heterocycles. The molecule has 1 fully saturated rings. The summed E-state index contributed by atoms with van der Waals surface area (Å²) in [7, 11) is 0. The highest BCUT2D eigenvalue weighted by atomic mass is 16.5. The first kappa shape index (κ1) is 19.7. The van der Waals surface area contributed by atoms with Gasteiger partial charge in [-0.25, -0.2) is 10.2 Å². The highest BCUT2D eigenvalue weighted by Gasteiger charge is 2.38. The summed E-state index contributed by atoms with van der Waals surface area (Å²) in [4.78, 5) is 25.2. The second kappa shape index (κ2) is 8.44. The largest absolute Gasteiger partial charge is 0.480 e. The first-order valence-corrected chi connectivity index (χ1v) is 9.52. The Morgan fingerprint density at radius 2 is 1.83 bits per heavy atom. The summed E-state index contributed by atoms with van der Waals surface area (Å²) in [6, 6.07) is 15.7. The average molecular weight is 407 g/mol. The van der Waals surface area contributed by atoms with Crippen molar-refractivity contribution < 1.29 is 19.9 Å². The van der Waals surface area contributed by atoms with Crippen LogP contribution in [0.4, 0.5) is 0 Å². The van der Waals surface area contributed by atoms with Crippen LogP contribution in [0, 0.1) is 0 Å². The Kier molecular flexibility index (Phi) is 5.55. The van der Waals surface area contributed by atoms with Crippen LogP contribution in [-0.2, 0) is 11.3 Å². The van der Waals surface area contributed by atoms with Crippen molar-refractivity contribution >= 4 is 11.9 Å². The van der Waals surface area contributed by atoms with Crippen molar-refractivity contribution in [1.82, 2.24) is 25.4 Å². The molecule has 0 saturated carbocycles. The standard InChI is InChI=1S/C21H21N5O4/c27-20(23-30)16-8-6-15(7-9-16)18-13-26(24-22-18)17-10-19(21(28)29)25(12-17)11-14-4-2-1-3-5-14/h1-9,13,17,19,30H,10-12H2,(H,23,27)(H,28,29)/t17-,19+/m0/s1. The van der Waals surface area contributed by atoms with E-state index in [0.717, 1.165) is 11.1 Å². The Morgan fingerprint density at radius 3 is 2.50 bits per heavy atom. The van der Waals surface area contributed by atoms with Gasteiger partial charge in [-0.2, -0.15) is 0 Å². The molecule has 30 heavy (non-hydrogen) atoms. The minimum Gasteiger partial charge on any atom is -0.480 e. The van der Waals surface area contributed by atoms with Crippen molar-refractivity contribution in [1.29, 1.82) is 0 Å². The molecule has 1 aliphatic rings. The Bertz CT molecular complexity index is 1040. The van der Waals surface area contributed by atoms with E-state index in [4.69, 9.17) is 5.21 Å². The topological polar surface area (TPSA) is 121 Å². The number of carboxylic acid groups (broad SMARTS) is 1. The normalized spacial score (nSPS) is 19.0. The zero-order valence-corrected chi connectivity index (χ0v) is 16.0. The molecular formula is C21H21N5O4. The van der Waals surface area contributed by atoms with Gasteiger partial charge in [0.2, 0.25) is 0 Å². The van der Waals surface area contributed by atoms with Crippen molar-refractivity contribution in [2.75, 3.05) is 6.54 Å². The van der Waals surface area contributed by atoms with Crippen LogP contribution >= 0.6 is 0 Å². The number of benzene rings is 2. The third-order valence-corrected chi connectivity index (χ3v) is 5.32. The number of hydrogen-bond donors (Lipinski definition) is 3. The van der Waals surface area contributed by atoms with Gasteiger partial charge in [-0.05, 0) is 24.1 Å². The van der Waals surface area contributed by atoms with Gasteiger partial charge < -0.3 is 5.11 Å². The van der Waals surface area contributed by atoms with Gasteiger partial charge in [0.1, 0.15) is 11.7 Å². The molecule has 0 radical (unpaired) electrons. The van der Waals surface area contributed by atoms with Gasteiger partial charge in [-0.1, -0.05) is 47.7 Å². The van der Waals surface area contributed by atoms with Gasteiger partial charge in [0.25, 0.3) is 5.91 Å². The number of nitrogens with one attached hydrogen (secondary N) is 1. The fourth-order valence-corrected chi connectivity index (χ4v) is 3.76. The smallest absolute Gasteiger partial charge is 0.321 e. The molecular weight excluding hydrogens is 386 g/mol. The van der Waals surface area contributed by atoms with E-state index in [-0.39, 0.29) is 6.04 Å². The van der Waals surface area contributed by atoms with Crippen molar-refractivity contribution in [2.45, 2.75) is 25.0 Å². The molecule has 1 aromatic heterocycles. The van der Waals surface area contributed by atoms with Crippen LogP contribution in [0.25, 0.3) is 11.3 Å². The van der Waals surface area contributed by atoms with Gasteiger partial charge in [0.05, 0.1) is 12.2 Å². The Hall–Kier alpha value is -3.56. The maximum atomic E-state index is 11.8. The van der Waals surface area contributed by atoms with Gasteiger partial charge in [-0.15, -0.1) is 5.10 Å². The lowest BCUT2D eigenvalue weighted by atomic mass is 10.1. The fraction of sp³-hybridized carbons (Fsp3) is 0.238. The molecule has 154 valence electrons. The number of hydrogen-bond acceptors (Lipinski definition) is 6. The second-order valence-corrected chi connectivity index (χ2v) is 7.26. The molecule has 2 atom stereocenters. The maximum absolute atomic E-state index is 11.8. The number of carbonyl (C=O) groups excluding carboxylic acids is 1. The van der Waals surface area contributed by atoms with Crippen LogP contribution in [0.1, 0.15) is 28.4 Å². The van der Waals surface area contributed by atoms with Crippen LogP contribution < -0.4 is 5.48 Å². The summed E-state index contributed by atoms with van der Waals surface area (Å²) >= 11 is 0. The predicted octanol–water partition coefficient (Wildman–Crippen LogP) is 1.96. The quantitative estimate of drug-likeness (QED) is 0.422. The molecule has 1 saturated heterocycles. The molecule has 2 aromatic carbocycles. The summed E-state index contributed by atoms with van der Waals surface area (Å²) < 4.78 is 1.71. The Balaban J connectivity index is 1.50. The molecule has 0 spiro atoms. The van der Waals surface area contributed by atoms with Crippen LogP contribution in [0.3, 0.4) is 0 Å². The minimum atomic E-state index is -0.841. The van der Waals surface area contributed by atoms with Crippen molar-refractivity contribution in [2.24, 2.45) is 0 Å². The lowest BCUT2D eigenvalue weighted by Gasteiger charge is -2.20. The number of likely N-dealkylation sites (tertiary alicyclic amines) is 1. The van der Waals surface area contributed by atoms with Crippen molar-refractivity contribution in [3.8, 4) is 11.3 Å². The number of carbonyl (C=O) groups is 2. The monoisotopic (exact) mass is 407 g/mol. The average Bonchev–Trinajstić information content (AvgIpc) is 3.41. The molecule has 0 bridgehead atoms. The number of aromatic nitrogens is 3. The maximum Gasteiger partial charge on any atom is 0.321 e. The number of amides is 1. The molecule has 1 amide bonds. The third-order valence-electron chi connectivity index (χ3n) is 5.32. The van der Waals surface area contributed by atoms with Crippen molar-refractivity contribution in [3.63, 3.8) is 0 Å². The number of rotatable bonds is 6. The van der Waals surface area contributed by atoms with E-state index in [1.54, 1.807) is 40.6 Å². The lowest BCUT2D eigenvalue weighted by molar-refractivity contribution is -0.142. The molecule has 9 heteroatoms. The van der Waals surface area contributed by atoms with Gasteiger partial charge in [0, 0.05) is 24.2 Å². The number of nitrogens with zero attached hydrogens (tertiary/aromatic N) is 4. The molecule has 4 rings (SSSR count). The first-order chi connectivity index (χ1) is 14.5. The second-order valence-electron chi connectivity index (χ2n) is 7.26. The van der Waals surface area contributed by atoms with E-state index in [2.05, 4.69) is 10.3 Å². The third kappa shape index (κ3) is 4.07. The zero-order valence-electron chi connectivity index (χ0n) is 16.0. The molecule has 9 nitrogen and oxygen atoms in total. The summed E-state index contributed by atoms with van der Waals surface area (Å²) in [6.45, 7) is 1.12. The van der Waals surface area contributed by atoms with E-state index < -0.39 is 17.9 Å². The van der Waals surface area contributed by atoms with E-state index >= 15 is 0 Å². The highest BCUT2D eigenvalue weighted by molar-refractivity contribution is 5.93. The van der Waals surface area contributed by atoms with E-state index in [0.29, 0.717) is 30.8 Å². The zero-order chi connectivity index (χ0) is 21.1. The SMILES string of the molecule is O=C(NO)c1ccc(-c2cn([C@H]3C[C@H](C(=O)O)N(Cc4ccccc4)C3)nn2)cc1. The van der Waals surface area contributed by atoms with E-state index in [9.17, 15) is 14.7 Å². The lowest BCUT2D eigenvalue weighted by Crippen LogP contribution is -2.35. The molecule has 0 aliphatic carbocycles. The molecule has 3 aromatic rings. The minimum absolute atomic E-state index is 0.101. The molecule has 3 N–H and O–H groups in total. The van der Waals surface area contributed by atoms with Crippen LogP contribution in [0.15, 0.2) is 60.8 Å².